The van der Waals surface area contributed by atoms with Crippen molar-refractivity contribution >= 4 is 40.9 Å². The predicted molar refractivity (Wildman–Crippen MR) is 106 cm³/mol. The third kappa shape index (κ3) is 3.07. The molecule has 1 aliphatic heterocycles. The Bertz CT molecular complexity index is 1190. The van der Waals surface area contributed by atoms with Crippen molar-refractivity contribution < 1.29 is 19.5 Å². The number of rotatable bonds is 4. The average Bonchev–Trinajstić information content (AvgIpc) is 3.11. The van der Waals surface area contributed by atoms with Gasteiger partial charge in [0.2, 0.25) is 0 Å². The van der Waals surface area contributed by atoms with Crippen LogP contribution in [0.1, 0.15) is 20.7 Å². The van der Waals surface area contributed by atoms with Gasteiger partial charge in [0, 0.05) is 26.5 Å². The molecule has 0 fully saturated rings. The fourth-order valence-corrected chi connectivity index (χ4v) is 2.94. The van der Waals surface area contributed by atoms with Crippen molar-refractivity contribution in [1.82, 2.24) is 14.8 Å². The van der Waals surface area contributed by atoms with Gasteiger partial charge in [-0.25, -0.2) is 9.59 Å². The monoisotopic (exact) mass is 405 g/mol. The quantitative estimate of drug-likeness (QED) is 0.663. The Balaban J connectivity index is 1.77. The second kappa shape index (κ2) is 7.20. The Morgan fingerprint density at radius 3 is 2.37 bits per heavy atom. The normalized spacial score (nSPS) is 13.2. The molecule has 2 aromatic heterocycles. The van der Waals surface area contributed by atoms with E-state index in [1.165, 1.54) is 54.4 Å². The highest BCUT2D eigenvalue weighted by Gasteiger charge is 2.37. The minimum atomic E-state index is -1.05. The fourth-order valence-electron chi connectivity index (χ4n) is 2.94. The molecule has 0 saturated carbocycles. The molecule has 1 N–H and O–H groups in total. The van der Waals surface area contributed by atoms with E-state index >= 15 is 0 Å². The number of aromatic nitrogens is 3. The van der Waals surface area contributed by atoms with Gasteiger partial charge in [0.25, 0.3) is 5.91 Å². The molecule has 0 aliphatic carbocycles. The molecule has 0 unspecified atom stereocenters. The minimum absolute atomic E-state index is 0.122. The fraction of sp³-hybridized carbons (Fsp3) is 0.105. The summed E-state index contributed by atoms with van der Waals surface area (Å²) >= 11 is 0. The van der Waals surface area contributed by atoms with Crippen molar-refractivity contribution in [3.8, 4) is 0 Å². The maximum absolute atomic E-state index is 12.9. The predicted octanol–water partition coefficient (Wildman–Crippen LogP) is 3.09. The molecule has 3 heterocycles. The molecule has 4 rings (SSSR count). The highest BCUT2D eigenvalue weighted by Crippen LogP contribution is 2.43. The van der Waals surface area contributed by atoms with Crippen LogP contribution in [0, 0.1) is 0 Å². The topological polar surface area (TPSA) is 133 Å². The van der Waals surface area contributed by atoms with Gasteiger partial charge in [-0.05, 0) is 36.4 Å². The van der Waals surface area contributed by atoms with E-state index in [4.69, 9.17) is 5.11 Å². The van der Waals surface area contributed by atoms with Gasteiger partial charge in [-0.3, -0.25) is 19.6 Å². The maximum Gasteiger partial charge on any atom is 0.335 e. The van der Waals surface area contributed by atoms with Crippen molar-refractivity contribution in [2.45, 2.75) is 0 Å². The first-order valence-corrected chi connectivity index (χ1v) is 8.72. The van der Waals surface area contributed by atoms with Gasteiger partial charge < -0.3 is 5.11 Å². The van der Waals surface area contributed by atoms with Crippen LogP contribution >= 0.6 is 0 Å². The van der Waals surface area contributed by atoms with Crippen LogP contribution < -0.4 is 9.80 Å². The van der Waals surface area contributed by atoms with E-state index in [-0.39, 0.29) is 28.9 Å². The number of urea groups is 1. The smallest absolute Gasteiger partial charge is 0.335 e. The van der Waals surface area contributed by atoms with E-state index in [1.54, 1.807) is 18.3 Å². The van der Waals surface area contributed by atoms with Crippen LogP contribution in [0.2, 0.25) is 0 Å². The van der Waals surface area contributed by atoms with Gasteiger partial charge in [-0.1, -0.05) is 0 Å². The van der Waals surface area contributed by atoms with E-state index in [2.05, 4.69) is 20.3 Å². The summed E-state index contributed by atoms with van der Waals surface area (Å²) in [5.74, 6) is -1.17. The summed E-state index contributed by atoms with van der Waals surface area (Å²) in [7, 11) is 3.02. The number of pyridine rings is 1. The number of amides is 2. The Morgan fingerprint density at radius 1 is 1.00 bits per heavy atom. The molecule has 2 amide bonds. The molecule has 11 heteroatoms. The van der Waals surface area contributed by atoms with Gasteiger partial charge in [0.05, 0.1) is 16.8 Å². The van der Waals surface area contributed by atoms with Crippen LogP contribution in [0.5, 0.6) is 0 Å². The summed E-state index contributed by atoms with van der Waals surface area (Å²) in [5.41, 5.74) is 1.06. The first-order valence-electron chi connectivity index (χ1n) is 8.72. The van der Waals surface area contributed by atoms with Crippen molar-refractivity contribution in [2.24, 2.45) is 10.2 Å². The Hall–Kier alpha value is -4.41. The number of aromatic carboxylic acids is 1. The molecule has 1 aromatic carbocycles. The molecular weight excluding hydrogens is 390 g/mol. The average molecular weight is 405 g/mol. The summed E-state index contributed by atoms with van der Waals surface area (Å²) in [6, 6.07) is 8.65. The minimum Gasteiger partial charge on any atom is -0.478 e. The summed E-state index contributed by atoms with van der Waals surface area (Å²) in [5, 5.41) is 21.6. The Labute approximate surface area is 169 Å². The van der Waals surface area contributed by atoms with Crippen LogP contribution in [0.15, 0.2) is 59.0 Å². The molecule has 150 valence electrons. The first kappa shape index (κ1) is 18.9. The third-order valence-corrected chi connectivity index (χ3v) is 4.51. The van der Waals surface area contributed by atoms with Crippen LogP contribution in [0.3, 0.4) is 0 Å². The number of carboxylic acid groups (broad SMARTS) is 1. The largest absolute Gasteiger partial charge is 0.478 e. The number of anilines is 2. The van der Waals surface area contributed by atoms with E-state index in [9.17, 15) is 14.4 Å². The lowest BCUT2D eigenvalue weighted by Crippen LogP contribution is -2.41. The summed E-state index contributed by atoms with van der Waals surface area (Å²) in [6.45, 7) is 0. The van der Waals surface area contributed by atoms with Gasteiger partial charge >= 0.3 is 12.0 Å². The van der Waals surface area contributed by atoms with Crippen molar-refractivity contribution in [3.63, 3.8) is 0 Å². The zero-order valence-electron chi connectivity index (χ0n) is 15.9. The van der Waals surface area contributed by atoms with E-state index < -0.39 is 11.9 Å². The van der Waals surface area contributed by atoms with Crippen LogP contribution in [0.25, 0.3) is 0 Å². The van der Waals surface area contributed by atoms with E-state index in [1.807, 2.05) is 0 Å². The molecule has 1 aliphatic rings. The molecule has 0 radical (unpaired) electrons. The Kier molecular flexibility index (Phi) is 4.54. The lowest BCUT2D eigenvalue weighted by molar-refractivity contribution is 0.0696. The number of azo groups is 1. The van der Waals surface area contributed by atoms with Gasteiger partial charge in [-0.2, -0.15) is 9.80 Å². The summed E-state index contributed by atoms with van der Waals surface area (Å²) < 4.78 is 1.09. The van der Waals surface area contributed by atoms with Gasteiger partial charge in [0.1, 0.15) is 0 Å². The molecule has 3 aromatic rings. The number of hydrogen-bond donors (Lipinski definition) is 1. The van der Waals surface area contributed by atoms with E-state index in [0.29, 0.717) is 11.3 Å². The van der Waals surface area contributed by atoms with Crippen LogP contribution in [-0.4, -0.2) is 51.9 Å². The van der Waals surface area contributed by atoms with Crippen LogP contribution in [-0.2, 0) is 0 Å². The maximum atomic E-state index is 12.9. The van der Waals surface area contributed by atoms with Gasteiger partial charge in [-0.15, -0.1) is 10.2 Å². The van der Waals surface area contributed by atoms with Gasteiger partial charge in [0.15, 0.2) is 17.3 Å². The zero-order chi connectivity index (χ0) is 21.4. The highest BCUT2D eigenvalue weighted by atomic mass is 16.4. The number of hydrogen-bond acceptors (Lipinski definition) is 7. The van der Waals surface area contributed by atoms with E-state index in [0.717, 1.165) is 4.68 Å². The van der Waals surface area contributed by atoms with Crippen molar-refractivity contribution in [3.05, 3.63) is 59.9 Å². The molecular formula is C19H15N7O4. The molecule has 11 nitrogen and oxygen atoms in total. The second-order valence-electron chi connectivity index (χ2n) is 6.41. The lowest BCUT2D eigenvalue weighted by Gasteiger charge is -2.26. The second-order valence-corrected chi connectivity index (χ2v) is 6.41. The number of fused-ring (bicyclic) bond motifs is 2. The zero-order valence-corrected chi connectivity index (χ0v) is 15.9. The number of nitrogens with zero attached hydrogens (tertiary/aromatic N) is 7. The number of carbonyl (C=O) groups excluding carboxylic acids is 2. The molecule has 0 saturated heterocycles. The molecule has 2 bridgehead atoms. The summed E-state index contributed by atoms with van der Waals surface area (Å²) in [6.07, 6.45) is 2.95. The first-order chi connectivity index (χ1) is 14.4. The summed E-state index contributed by atoms with van der Waals surface area (Å²) in [4.78, 5) is 42.8. The van der Waals surface area contributed by atoms with Crippen molar-refractivity contribution in [2.75, 3.05) is 23.9 Å². The standard InChI is InChI=1S/C19H15N7O4/c1-24-15-14(22-21-13-7-5-11(6-8-13)18(28)29)16(25(2)19(24)30)26(23-15)17(27)12-4-3-9-20-10-12/h3-10H,1-2H3,(H,28,29). The van der Waals surface area contributed by atoms with Crippen molar-refractivity contribution in [1.29, 1.82) is 0 Å². The number of carboxylic acids is 1. The van der Waals surface area contributed by atoms with Crippen LogP contribution in [0.4, 0.5) is 27.8 Å². The highest BCUT2D eigenvalue weighted by molar-refractivity contribution is 6.13. The molecule has 30 heavy (non-hydrogen) atoms. The number of carbonyl (C=O) groups is 3. The number of benzene rings is 1. The Morgan fingerprint density at radius 2 is 1.73 bits per heavy atom. The molecule has 0 atom stereocenters. The lowest BCUT2D eigenvalue weighted by atomic mass is 10.2. The SMILES string of the molecule is CN1C(=O)N(C)c2c(N=Nc3ccc(C(=O)O)cc3)c1nn2C(=O)c1cccnc1. The molecule has 0 spiro atoms. The third-order valence-electron chi connectivity index (χ3n) is 4.51.